The second kappa shape index (κ2) is 6.05. The monoisotopic (exact) mass is 286 g/mol. The predicted molar refractivity (Wildman–Crippen MR) is 71.9 cm³/mol. The van der Waals surface area contributed by atoms with E-state index in [1.165, 1.54) is 49.4 Å². The SMILES string of the molecule is BrCC(CCc1ccsc1)C1CCCC1. The number of rotatable bonds is 5. The maximum atomic E-state index is 3.69. The fourth-order valence-electron chi connectivity index (χ4n) is 2.65. The minimum absolute atomic E-state index is 0.910. The van der Waals surface area contributed by atoms with E-state index in [-0.39, 0.29) is 0 Å². The first kappa shape index (κ1) is 11.7. The maximum absolute atomic E-state index is 3.69. The van der Waals surface area contributed by atoms with E-state index in [9.17, 15) is 0 Å². The van der Waals surface area contributed by atoms with Crippen LogP contribution in [-0.4, -0.2) is 5.33 Å². The average molecular weight is 287 g/mol. The van der Waals surface area contributed by atoms with E-state index in [1.807, 2.05) is 11.3 Å². The van der Waals surface area contributed by atoms with Gasteiger partial charge in [0.05, 0.1) is 0 Å². The summed E-state index contributed by atoms with van der Waals surface area (Å²) in [6.07, 6.45) is 8.52. The molecule has 1 saturated carbocycles. The molecule has 1 fully saturated rings. The van der Waals surface area contributed by atoms with E-state index >= 15 is 0 Å². The third-order valence-corrected chi connectivity index (χ3v) is 5.21. The molecule has 1 heterocycles. The van der Waals surface area contributed by atoms with E-state index in [1.54, 1.807) is 0 Å². The van der Waals surface area contributed by atoms with Crippen molar-refractivity contribution in [3.8, 4) is 0 Å². The van der Waals surface area contributed by atoms with E-state index in [0.29, 0.717) is 0 Å². The Balaban J connectivity index is 1.80. The van der Waals surface area contributed by atoms with Crippen molar-refractivity contribution in [2.24, 2.45) is 11.8 Å². The fraction of sp³-hybridized carbons (Fsp3) is 0.692. The Morgan fingerprint density at radius 3 is 2.80 bits per heavy atom. The molecule has 15 heavy (non-hydrogen) atoms. The Labute approximate surface area is 105 Å². The van der Waals surface area contributed by atoms with Gasteiger partial charge in [0.25, 0.3) is 0 Å². The zero-order valence-electron chi connectivity index (χ0n) is 9.12. The Morgan fingerprint density at radius 1 is 1.40 bits per heavy atom. The van der Waals surface area contributed by atoms with Gasteiger partial charge in [-0.1, -0.05) is 41.6 Å². The van der Waals surface area contributed by atoms with Crippen LogP contribution in [0.3, 0.4) is 0 Å². The van der Waals surface area contributed by atoms with Crippen molar-refractivity contribution >= 4 is 27.3 Å². The van der Waals surface area contributed by atoms with Gasteiger partial charge in [0.2, 0.25) is 0 Å². The van der Waals surface area contributed by atoms with E-state index in [0.717, 1.165) is 11.8 Å². The molecule has 0 N–H and O–H groups in total. The molecule has 1 aliphatic rings. The molecule has 2 heteroatoms. The van der Waals surface area contributed by atoms with Crippen molar-refractivity contribution in [2.75, 3.05) is 5.33 Å². The van der Waals surface area contributed by atoms with Gasteiger partial charge in [0.15, 0.2) is 0 Å². The summed E-state index contributed by atoms with van der Waals surface area (Å²) in [5, 5.41) is 5.68. The Hall–Kier alpha value is 0.180. The van der Waals surface area contributed by atoms with Gasteiger partial charge in [-0.25, -0.2) is 0 Å². The highest BCUT2D eigenvalue weighted by atomic mass is 79.9. The molecule has 2 rings (SSSR count). The predicted octanol–water partition coefficient (Wildman–Crippen LogP) is 4.88. The highest BCUT2D eigenvalue weighted by Crippen LogP contribution is 2.34. The molecular formula is C13H19BrS. The molecule has 0 nitrogen and oxygen atoms in total. The van der Waals surface area contributed by atoms with Crippen LogP contribution in [0.2, 0.25) is 0 Å². The van der Waals surface area contributed by atoms with Gasteiger partial charge in [0, 0.05) is 5.33 Å². The highest BCUT2D eigenvalue weighted by Gasteiger charge is 2.23. The van der Waals surface area contributed by atoms with Crippen molar-refractivity contribution < 1.29 is 0 Å². The van der Waals surface area contributed by atoms with Crippen LogP contribution in [0.5, 0.6) is 0 Å². The largest absolute Gasteiger partial charge is 0.152 e. The van der Waals surface area contributed by atoms with Crippen LogP contribution in [0, 0.1) is 11.8 Å². The third-order valence-electron chi connectivity index (χ3n) is 3.65. The summed E-state index contributed by atoms with van der Waals surface area (Å²) in [6.45, 7) is 0. The topological polar surface area (TPSA) is 0 Å². The van der Waals surface area contributed by atoms with Gasteiger partial charge in [0.1, 0.15) is 0 Å². The van der Waals surface area contributed by atoms with Gasteiger partial charge < -0.3 is 0 Å². The summed E-state index contributed by atoms with van der Waals surface area (Å²) in [6, 6.07) is 2.27. The second-order valence-corrected chi connectivity index (χ2v) is 6.06. The maximum Gasteiger partial charge on any atom is 0.00624 e. The number of hydrogen-bond acceptors (Lipinski definition) is 1. The lowest BCUT2D eigenvalue weighted by Crippen LogP contribution is -2.14. The molecular weight excluding hydrogens is 268 g/mol. The zero-order valence-corrected chi connectivity index (χ0v) is 11.5. The molecule has 0 spiro atoms. The van der Waals surface area contributed by atoms with Crippen molar-refractivity contribution in [2.45, 2.75) is 38.5 Å². The molecule has 0 aromatic carbocycles. The number of hydrogen-bond donors (Lipinski definition) is 0. The molecule has 1 aromatic heterocycles. The Bertz CT molecular complexity index is 262. The number of aryl methyl sites for hydroxylation is 1. The molecule has 0 saturated heterocycles. The summed E-state index contributed by atoms with van der Waals surface area (Å²) in [5.74, 6) is 1.91. The highest BCUT2D eigenvalue weighted by molar-refractivity contribution is 9.09. The molecule has 84 valence electrons. The van der Waals surface area contributed by atoms with Crippen LogP contribution in [0.15, 0.2) is 16.8 Å². The smallest absolute Gasteiger partial charge is 0.00624 e. The molecule has 0 bridgehead atoms. The normalized spacial score (nSPS) is 19.5. The zero-order chi connectivity index (χ0) is 10.5. The fourth-order valence-corrected chi connectivity index (χ4v) is 4.21. The minimum Gasteiger partial charge on any atom is -0.152 e. The van der Waals surface area contributed by atoms with Crippen LogP contribution in [0.4, 0.5) is 0 Å². The van der Waals surface area contributed by atoms with E-state index in [2.05, 4.69) is 32.8 Å². The molecule has 1 aromatic rings. The third kappa shape index (κ3) is 3.32. The van der Waals surface area contributed by atoms with Crippen LogP contribution >= 0.6 is 27.3 Å². The van der Waals surface area contributed by atoms with Crippen LogP contribution in [-0.2, 0) is 6.42 Å². The summed E-state index contributed by atoms with van der Waals surface area (Å²) >= 11 is 5.51. The van der Waals surface area contributed by atoms with Crippen LogP contribution < -0.4 is 0 Å². The lowest BCUT2D eigenvalue weighted by molar-refractivity contribution is 0.354. The second-order valence-electron chi connectivity index (χ2n) is 4.63. The number of thiophene rings is 1. The molecule has 1 atom stereocenters. The van der Waals surface area contributed by atoms with Gasteiger partial charge in [-0.3, -0.25) is 0 Å². The summed E-state index contributed by atoms with van der Waals surface area (Å²) in [7, 11) is 0. The molecule has 0 amide bonds. The van der Waals surface area contributed by atoms with E-state index < -0.39 is 0 Å². The first-order valence-corrected chi connectivity index (χ1v) is 8.03. The minimum atomic E-state index is 0.910. The standard InChI is InChI=1S/C13H19BrS/c14-9-13(12-3-1-2-4-12)6-5-11-7-8-15-10-11/h7-8,10,12-13H,1-6,9H2. The molecule has 0 radical (unpaired) electrons. The van der Waals surface area contributed by atoms with Crippen molar-refractivity contribution in [3.05, 3.63) is 22.4 Å². The summed E-state index contributed by atoms with van der Waals surface area (Å²) in [5.41, 5.74) is 1.53. The van der Waals surface area contributed by atoms with Gasteiger partial charge >= 0.3 is 0 Å². The number of halogens is 1. The van der Waals surface area contributed by atoms with Crippen LogP contribution in [0.25, 0.3) is 0 Å². The number of alkyl halides is 1. The molecule has 1 aliphatic carbocycles. The Morgan fingerprint density at radius 2 is 2.20 bits per heavy atom. The lowest BCUT2D eigenvalue weighted by Gasteiger charge is -2.20. The van der Waals surface area contributed by atoms with Gasteiger partial charge in [-0.05, 0) is 47.1 Å². The summed E-state index contributed by atoms with van der Waals surface area (Å²) < 4.78 is 0. The van der Waals surface area contributed by atoms with Crippen molar-refractivity contribution in [1.29, 1.82) is 0 Å². The first-order chi connectivity index (χ1) is 7.40. The van der Waals surface area contributed by atoms with Gasteiger partial charge in [-0.2, -0.15) is 11.3 Å². The quantitative estimate of drug-likeness (QED) is 0.677. The molecule has 1 unspecified atom stereocenters. The van der Waals surface area contributed by atoms with Crippen molar-refractivity contribution in [3.63, 3.8) is 0 Å². The van der Waals surface area contributed by atoms with Gasteiger partial charge in [-0.15, -0.1) is 0 Å². The molecule has 0 aliphatic heterocycles. The summed E-state index contributed by atoms with van der Waals surface area (Å²) in [4.78, 5) is 0. The van der Waals surface area contributed by atoms with Crippen molar-refractivity contribution in [1.82, 2.24) is 0 Å². The average Bonchev–Trinajstić information content (AvgIpc) is 2.90. The lowest BCUT2D eigenvalue weighted by atomic mass is 9.88. The van der Waals surface area contributed by atoms with E-state index in [4.69, 9.17) is 0 Å². The van der Waals surface area contributed by atoms with Crippen LogP contribution in [0.1, 0.15) is 37.7 Å². The first-order valence-electron chi connectivity index (χ1n) is 5.97. The Kier molecular flexibility index (Phi) is 4.70.